The fourth-order valence-corrected chi connectivity index (χ4v) is 4.40. The second-order valence-electron chi connectivity index (χ2n) is 5.03. The molecule has 6 heteroatoms. The standard InChI is InChI=1S/C18H15NO3S2/c20-16-15(17(21)22-19-16)18(23-11-13-7-3-1-4-8-13)24-12-14-9-5-2-6-10-14/h1-10H,11-12H2,(H,19,20). The zero-order chi connectivity index (χ0) is 16.8. The lowest BCUT2D eigenvalue weighted by Crippen LogP contribution is -2.13. The SMILES string of the molecule is O=C1NOC(=O)C1=C(SCc1ccccc1)SCc1ccccc1. The van der Waals surface area contributed by atoms with Gasteiger partial charge < -0.3 is 4.84 Å². The highest BCUT2D eigenvalue weighted by Gasteiger charge is 2.32. The summed E-state index contributed by atoms with van der Waals surface area (Å²) in [6.07, 6.45) is 0. The molecule has 0 saturated carbocycles. The second kappa shape index (κ2) is 8.08. The maximum absolute atomic E-state index is 11.9. The van der Waals surface area contributed by atoms with E-state index in [0.29, 0.717) is 15.7 Å². The normalized spacial score (nSPS) is 13.6. The monoisotopic (exact) mass is 357 g/mol. The van der Waals surface area contributed by atoms with Gasteiger partial charge in [0.1, 0.15) is 5.57 Å². The van der Waals surface area contributed by atoms with E-state index in [-0.39, 0.29) is 5.57 Å². The van der Waals surface area contributed by atoms with Crippen molar-refractivity contribution in [2.75, 3.05) is 0 Å². The molecule has 1 saturated heterocycles. The molecule has 0 aromatic heterocycles. The highest BCUT2D eigenvalue weighted by atomic mass is 32.2. The Balaban J connectivity index is 1.77. The number of thioether (sulfide) groups is 2. The van der Waals surface area contributed by atoms with Crippen LogP contribution in [0.2, 0.25) is 0 Å². The van der Waals surface area contributed by atoms with Crippen molar-refractivity contribution in [1.29, 1.82) is 0 Å². The first-order valence-electron chi connectivity index (χ1n) is 7.33. The number of carbonyl (C=O) groups is 2. The van der Waals surface area contributed by atoms with Crippen LogP contribution in [-0.4, -0.2) is 11.9 Å². The number of carbonyl (C=O) groups excluding carboxylic acids is 2. The van der Waals surface area contributed by atoms with Crippen LogP contribution < -0.4 is 5.48 Å². The van der Waals surface area contributed by atoms with Gasteiger partial charge in [0.25, 0.3) is 5.91 Å². The molecule has 1 fully saturated rings. The second-order valence-corrected chi connectivity index (χ2v) is 7.26. The van der Waals surface area contributed by atoms with Gasteiger partial charge in [-0.15, -0.1) is 23.5 Å². The lowest BCUT2D eigenvalue weighted by Gasteiger charge is -2.08. The summed E-state index contributed by atoms with van der Waals surface area (Å²) in [5, 5.41) is 0. The average molecular weight is 357 g/mol. The summed E-state index contributed by atoms with van der Waals surface area (Å²) in [7, 11) is 0. The summed E-state index contributed by atoms with van der Waals surface area (Å²) in [5.41, 5.74) is 4.48. The van der Waals surface area contributed by atoms with E-state index in [4.69, 9.17) is 0 Å². The average Bonchev–Trinajstić information content (AvgIpc) is 2.96. The van der Waals surface area contributed by atoms with Crippen molar-refractivity contribution < 1.29 is 14.4 Å². The minimum Gasteiger partial charge on any atom is -0.335 e. The van der Waals surface area contributed by atoms with E-state index in [1.165, 1.54) is 23.5 Å². The minimum absolute atomic E-state index is 0.0943. The van der Waals surface area contributed by atoms with Gasteiger partial charge in [-0.1, -0.05) is 60.7 Å². The van der Waals surface area contributed by atoms with E-state index >= 15 is 0 Å². The molecule has 0 radical (unpaired) electrons. The third-order valence-corrected chi connectivity index (χ3v) is 5.89. The smallest absolute Gasteiger partial charge is 0.335 e. The van der Waals surface area contributed by atoms with E-state index in [1.54, 1.807) is 0 Å². The van der Waals surface area contributed by atoms with Crippen LogP contribution in [0.1, 0.15) is 11.1 Å². The Morgan fingerprint density at radius 3 is 1.75 bits per heavy atom. The van der Waals surface area contributed by atoms with Crippen LogP contribution in [0.5, 0.6) is 0 Å². The number of nitrogens with one attached hydrogen (secondary N) is 1. The van der Waals surface area contributed by atoms with E-state index < -0.39 is 11.9 Å². The van der Waals surface area contributed by atoms with E-state index in [0.717, 1.165) is 11.1 Å². The largest absolute Gasteiger partial charge is 0.370 e. The van der Waals surface area contributed by atoms with Crippen LogP contribution in [0.25, 0.3) is 0 Å². The van der Waals surface area contributed by atoms with Crippen LogP contribution in [0.3, 0.4) is 0 Å². The van der Waals surface area contributed by atoms with Crippen LogP contribution in [0.4, 0.5) is 0 Å². The van der Waals surface area contributed by atoms with Crippen molar-refractivity contribution in [3.8, 4) is 0 Å². The van der Waals surface area contributed by atoms with Gasteiger partial charge in [0.05, 0.1) is 4.24 Å². The Hall–Kier alpha value is -2.18. The topological polar surface area (TPSA) is 55.4 Å². The molecule has 24 heavy (non-hydrogen) atoms. The Morgan fingerprint density at radius 2 is 1.33 bits per heavy atom. The van der Waals surface area contributed by atoms with Crippen molar-refractivity contribution in [3.63, 3.8) is 0 Å². The molecule has 0 bridgehead atoms. The fraction of sp³-hybridized carbons (Fsp3) is 0.111. The first-order valence-corrected chi connectivity index (χ1v) is 9.30. The van der Waals surface area contributed by atoms with E-state index in [2.05, 4.69) is 10.3 Å². The van der Waals surface area contributed by atoms with Crippen LogP contribution in [0, 0.1) is 0 Å². The quantitative estimate of drug-likeness (QED) is 0.632. The number of rotatable bonds is 6. The predicted octanol–water partition coefficient (Wildman–Crippen LogP) is 3.65. The maximum atomic E-state index is 11.9. The summed E-state index contributed by atoms with van der Waals surface area (Å²) >= 11 is 2.96. The number of hydroxylamine groups is 1. The number of hydrogen-bond donors (Lipinski definition) is 1. The molecule has 1 N–H and O–H groups in total. The van der Waals surface area contributed by atoms with Gasteiger partial charge in [-0.3, -0.25) is 4.79 Å². The van der Waals surface area contributed by atoms with Crippen LogP contribution in [0.15, 0.2) is 70.5 Å². The van der Waals surface area contributed by atoms with E-state index in [9.17, 15) is 9.59 Å². The van der Waals surface area contributed by atoms with Crippen molar-refractivity contribution in [3.05, 3.63) is 81.6 Å². The summed E-state index contributed by atoms with van der Waals surface area (Å²) in [6.45, 7) is 0. The molecule has 3 rings (SSSR count). The zero-order valence-corrected chi connectivity index (χ0v) is 14.4. The summed E-state index contributed by atoms with van der Waals surface area (Å²) in [4.78, 5) is 28.4. The summed E-state index contributed by atoms with van der Waals surface area (Å²) in [6, 6.07) is 19.9. The lowest BCUT2D eigenvalue weighted by atomic mass is 10.2. The molecule has 4 nitrogen and oxygen atoms in total. The predicted molar refractivity (Wildman–Crippen MR) is 96.7 cm³/mol. The van der Waals surface area contributed by atoms with Crippen molar-refractivity contribution in [2.45, 2.75) is 11.5 Å². The fourth-order valence-electron chi connectivity index (χ4n) is 2.10. The molecule has 2 aromatic carbocycles. The molecule has 1 amide bonds. The Labute approximate surface area is 148 Å². The third kappa shape index (κ3) is 4.21. The first-order chi connectivity index (χ1) is 11.7. The van der Waals surface area contributed by atoms with E-state index in [1.807, 2.05) is 60.7 Å². The molecule has 1 aliphatic rings. The Morgan fingerprint density at radius 1 is 0.833 bits per heavy atom. The van der Waals surface area contributed by atoms with Crippen molar-refractivity contribution in [1.82, 2.24) is 5.48 Å². The van der Waals surface area contributed by atoms with Gasteiger partial charge in [0.2, 0.25) is 0 Å². The highest BCUT2D eigenvalue weighted by molar-refractivity contribution is 8.21. The highest BCUT2D eigenvalue weighted by Crippen LogP contribution is 2.37. The van der Waals surface area contributed by atoms with Crippen molar-refractivity contribution in [2.24, 2.45) is 0 Å². The molecule has 0 aliphatic carbocycles. The summed E-state index contributed by atoms with van der Waals surface area (Å²) < 4.78 is 0.683. The molecule has 1 heterocycles. The van der Waals surface area contributed by atoms with Crippen LogP contribution >= 0.6 is 23.5 Å². The summed E-state index contributed by atoms with van der Waals surface area (Å²) in [5.74, 6) is 0.275. The molecule has 0 unspecified atom stereocenters. The van der Waals surface area contributed by atoms with Gasteiger partial charge in [0.15, 0.2) is 0 Å². The van der Waals surface area contributed by atoms with Gasteiger partial charge >= 0.3 is 5.97 Å². The zero-order valence-electron chi connectivity index (χ0n) is 12.7. The number of amides is 1. The Kier molecular flexibility index (Phi) is 5.61. The van der Waals surface area contributed by atoms with Crippen LogP contribution in [-0.2, 0) is 25.9 Å². The van der Waals surface area contributed by atoms with Crippen molar-refractivity contribution >= 4 is 35.4 Å². The van der Waals surface area contributed by atoms with Gasteiger partial charge in [-0.25, -0.2) is 4.79 Å². The Bertz CT molecular complexity index is 697. The molecular formula is C18H15NO3S2. The third-order valence-electron chi connectivity index (χ3n) is 3.30. The minimum atomic E-state index is -0.615. The number of hydrogen-bond acceptors (Lipinski definition) is 5. The molecule has 2 aromatic rings. The molecule has 122 valence electrons. The molecule has 0 spiro atoms. The van der Waals surface area contributed by atoms with Gasteiger partial charge in [0, 0.05) is 11.5 Å². The molecular weight excluding hydrogens is 342 g/mol. The number of benzene rings is 2. The maximum Gasteiger partial charge on any atom is 0.370 e. The molecule has 0 atom stereocenters. The molecule has 1 aliphatic heterocycles. The lowest BCUT2D eigenvalue weighted by molar-refractivity contribution is -0.143. The van der Waals surface area contributed by atoms with Gasteiger partial charge in [-0.2, -0.15) is 5.48 Å². The first kappa shape index (κ1) is 16.7. The van der Waals surface area contributed by atoms with Gasteiger partial charge in [-0.05, 0) is 11.1 Å².